The molecule has 1 saturated heterocycles. The summed E-state index contributed by atoms with van der Waals surface area (Å²) < 4.78 is 18.8. The number of fused-ring (bicyclic) bond motifs is 1. The van der Waals surface area contributed by atoms with Gasteiger partial charge in [0.25, 0.3) is 0 Å². The molecule has 1 fully saturated rings. The van der Waals surface area contributed by atoms with Crippen molar-refractivity contribution in [2.75, 3.05) is 0 Å². The van der Waals surface area contributed by atoms with Gasteiger partial charge in [0.1, 0.15) is 11.5 Å². The van der Waals surface area contributed by atoms with E-state index in [-0.39, 0.29) is 30.3 Å². The minimum absolute atomic E-state index is 0.113. The lowest BCUT2D eigenvalue weighted by Gasteiger charge is -2.00. The fourth-order valence-corrected chi connectivity index (χ4v) is 2.70. The zero-order chi connectivity index (χ0) is 17.2. The Morgan fingerprint density at radius 2 is 2.24 bits per heavy atom. The lowest BCUT2D eigenvalue weighted by molar-refractivity contribution is -0.114. The lowest BCUT2D eigenvalue weighted by atomic mass is 10.1. The van der Waals surface area contributed by atoms with E-state index < -0.39 is 0 Å². The van der Waals surface area contributed by atoms with Gasteiger partial charge < -0.3 is 9.72 Å². The number of aromatic amines is 1. The molecular formula is C19H14FN3O2. The van der Waals surface area contributed by atoms with Crippen molar-refractivity contribution >= 4 is 28.8 Å². The van der Waals surface area contributed by atoms with E-state index in [1.54, 1.807) is 30.6 Å². The molecule has 1 N–H and O–H groups in total. The van der Waals surface area contributed by atoms with Crippen LogP contribution in [0.1, 0.15) is 17.5 Å². The summed E-state index contributed by atoms with van der Waals surface area (Å²) in [6.45, 7) is 0.269. The molecule has 2 aromatic heterocycles. The number of halogens is 1. The molecule has 0 unspecified atom stereocenters. The first kappa shape index (κ1) is 15.3. The van der Waals surface area contributed by atoms with E-state index in [9.17, 15) is 9.18 Å². The van der Waals surface area contributed by atoms with E-state index in [1.165, 1.54) is 12.1 Å². The van der Waals surface area contributed by atoms with E-state index >= 15 is 0 Å². The van der Waals surface area contributed by atoms with Crippen molar-refractivity contribution in [2.45, 2.75) is 13.0 Å². The van der Waals surface area contributed by atoms with Crippen LogP contribution >= 0.6 is 0 Å². The third kappa shape index (κ3) is 3.19. The number of ketones is 1. The number of Topliss-reactive ketones (excluding diaryl/α,β-unsaturated/α-hetero) is 1. The van der Waals surface area contributed by atoms with E-state index in [1.807, 2.05) is 12.1 Å². The second-order valence-corrected chi connectivity index (χ2v) is 5.69. The highest BCUT2D eigenvalue weighted by atomic mass is 19.1. The Morgan fingerprint density at radius 1 is 1.32 bits per heavy atom. The first-order valence-electron chi connectivity index (χ1n) is 7.82. The van der Waals surface area contributed by atoms with Crippen LogP contribution in [0.2, 0.25) is 0 Å². The zero-order valence-corrected chi connectivity index (χ0v) is 13.2. The fraction of sp³-hybridized carbons (Fsp3) is 0.105. The summed E-state index contributed by atoms with van der Waals surface area (Å²) in [5.41, 5.74) is 2.31. The molecule has 0 amide bonds. The average molecular weight is 335 g/mol. The van der Waals surface area contributed by atoms with Gasteiger partial charge in [0.2, 0.25) is 5.78 Å². The van der Waals surface area contributed by atoms with Crippen molar-refractivity contribution in [1.82, 2.24) is 9.97 Å². The molecule has 1 aliphatic rings. The summed E-state index contributed by atoms with van der Waals surface area (Å²) in [4.78, 5) is 23.7. The molecule has 0 spiro atoms. The zero-order valence-electron chi connectivity index (χ0n) is 13.2. The molecule has 0 atom stereocenters. The number of pyridine rings is 1. The first-order valence-corrected chi connectivity index (χ1v) is 7.82. The maximum atomic E-state index is 13.2. The molecule has 124 valence electrons. The van der Waals surface area contributed by atoms with Crippen LogP contribution in [0.15, 0.2) is 59.5 Å². The van der Waals surface area contributed by atoms with Crippen LogP contribution < -0.4 is 0 Å². The highest BCUT2D eigenvalue weighted by molar-refractivity contribution is 6.14. The molecule has 3 heterocycles. The number of aliphatic imine (C=N–C) groups is 1. The van der Waals surface area contributed by atoms with Gasteiger partial charge in [0, 0.05) is 23.3 Å². The SMILES string of the molecule is O=C1CC(=NCc2cccc(F)c2)O/C1=C\c1c[nH]c2ncccc12. The van der Waals surface area contributed by atoms with Crippen molar-refractivity contribution in [3.63, 3.8) is 0 Å². The topological polar surface area (TPSA) is 67.3 Å². The number of H-pyrrole nitrogens is 1. The molecule has 0 bridgehead atoms. The maximum Gasteiger partial charge on any atom is 0.207 e. The highest BCUT2D eigenvalue weighted by Gasteiger charge is 2.25. The third-order valence-corrected chi connectivity index (χ3v) is 3.91. The summed E-state index contributed by atoms with van der Waals surface area (Å²) in [5.74, 6) is 0.159. The Morgan fingerprint density at radius 3 is 3.12 bits per heavy atom. The molecule has 0 radical (unpaired) electrons. The number of hydrogen-bond acceptors (Lipinski definition) is 4. The fourth-order valence-electron chi connectivity index (χ4n) is 2.70. The lowest BCUT2D eigenvalue weighted by Crippen LogP contribution is -1.95. The third-order valence-electron chi connectivity index (χ3n) is 3.91. The van der Waals surface area contributed by atoms with Crippen LogP contribution in [0.3, 0.4) is 0 Å². The molecule has 3 aromatic rings. The number of ether oxygens (including phenoxy) is 1. The Bertz CT molecular complexity index is 1020. The van der Waals surface area contributed by atoms with Gasteiger partial charge in [-0.05, 0) is 35.9 Å². The number of carbonyl (C=O) groups is 1. The summed E-state index contributed by atoms with van der Waals surface area (Å²) in [6.07, 6.45) is 5.28. The molecular weight excluding hydrogens is 321 g/mol. The number of benzene rings is 1. The smallest absolute Gasteiger partial charge is 0.207 e. The van der Waals surface area contributed by atoms with Gasteiger partial charge >= 0.3 is 0 Å². The van der Waals surface area contributed by atoms with Gasteiger partial charge in [0.05, 0.1) is 13.0 Å². The summed E-state index contributed by atoms with van der Waals surface area (Å²) in [6, 6.07) is 9.95. The van der Waals surface area contributed by atoms with Crippen molar-refractivity contribution in [3.8, 4) is 0 Å². The van der Waals surface area contributed by atoms with Crippen LogP contribution in [-0.4, -0.2) is 21.6 Å². The van der Waals surface area contributed by atoms with Crippen molar-refractivity contribution in [2.24, 2.45) is 4.99 Å². The maximum absolute atomic E-state index is 13.2. The van der Waals surface area contributed by atoms with Gasteiger partial charge in [-0.1, -0.05) is 12.1 Å². The number of carbonyl (C=O) groups excluding carboxylic acids is 1. The molecule has 1 aromatic carbocycles. The van der Waals surface area contributed by atoms with Crippen LogP contribution in [-0.2, 0) is 16.1 Å². The Labute approximate surface area is 142 Å². The Balaban J connectivity index is 1.55. The number of nitrogens with zero attached hydrogens (tertiary/aromatic N) is 2. The van der Waals surface area contributed by atoms with Gasteiger partial charge in [-0.15, -0.1) is 0 Å². The molecule has 25 heavy (non-hydrogen) atoms. The number of allylic oxidation sites excluding steroid dienone is 1. The molecule has 5 nitrogen and oxygen atoms in total. The van der Waals surface area contributed by atoms with Gasteiger partial charge in [-0.2, -0.15) is 0 Å². The molecule has 0 saturated carbocycles. The number of rotatable bonds is 3. The second-order valence-electron chi connectivity index (χ2n) is 5.69. The molecule has 1 aliphatic heterocycles. The Kier molecular flexibility index (Phi) is 3.85. The van der Waals surface area contributed by atoms with Crippen LogP contribution in [0, 0.1) is 5.82 Å². The van der Waals surface area contributed by atoms with Crippen LogP contribution in [0.4, 0.5) is 4.39 Å². The van der Waals surface area contributed by atoms with E-state index in [2.05, 4.69) is 15.0 Å². The van der Waals surface area contributed by atoms with Gasteiger partial charge in [-0.3, -0.25) is 9.79 Å². The normalized spacial score (nSPS) is 17.6. The summed E-state index contributed by atoms with van der Waals surface area (Å²) in [5, 5.41) is 0.913. The average Bonchev–Trinajstić information content (AvgIpc) is 3.18. The molecule has 0 aliphatic carbocycles. The predicted octanol–water partition coefficient (Wildman–Crippen LogP) is 3.63. The van der Waals surface area contributed by atoms with Crippen molar-refractivity contribution in [1.29, 1.82) is 0 Å². The van der Waals surface area contributed by atoms with E-state index in [0.29, 0.717) is 5.90 Å². The van der Waals surface area contributed by atoms with Crippen molar-refractivity contribution < 1.29 is 13.9 Å². The first-order chi connectivity index (χ1) is 12.2. The predicted molar refractivity (Wildman–Crippen MR) is 92.3 cm³/mol. The summed E-state index contributed by atoms with van der Waals surface area (Å²) >= 11 is 0. The standard InChI is InChI=1S/C19H14FN3O2/c20-14-4-1-3-12(7-14)10-22-18-9-16(24)17(25-18)8-13-11-23-19-15(13)5-2-6-21-19/h1-8,11H,9-10H2,(H,21,23)/b17-8-,22-18?. The Hall–Kier alpha value is -3.28. The molecule has 6 heteroatoms. The largest absolute Gasteiger partial charge is 0.439 e. The van der Waals surface area contributed by atoms with Gasteiger partial charge in [-0.25, -0.2) is 9.37 Å². The van der Waals surface area contributed by atoms with Crippen LogP contribution in [0.25, 0.3) is 17.1 Å². The van der Waals surface area contributed by atoms with Crippen LogP contribution in [0.5, 0.6) is 0 Å². The molecule has 4 rings (SSSR count). The highest BCUT2D eigenvalue weighted by Crippen LogP contribution is 2.23. The van der Waals surface area contributed by atoms with E-state index in [4.69, 9.17) is 4.74 Å². The second kappa shape index (κ2) is 6.32. The van der Waals surface area contributed by atoms with E-state index in [0.717, 1.165) is 22.2 Å². The number of aromatic nitrogens is 2. The monoisotopic (exact) mass is 335 g/mol. The summed E-state index contributed by atoms with van der Waals surface area (Å²) in [7, 11) is 0. The number of nitrogens with one attached hydrogen (secondary N) is 1. The quantitative estimate of drug-likeness (QED) is 0.743. The van der Waals surface area contributed by atoms with Crippen molar-refractivity contribution in [3.05, 3.63) is 71.5 Å². The number of hydrogen-bond donors (Lipinski definition) is 1. The van der Waals surface area contributed by atoms with Gasteiger partial charge in [0.15, 0.2) is 11.7 Å². The minimum Gasteiger partial charge on any atom is -0.439 e. The minimum atomic E-state index is -0.311.